The van der Waals surface area contributed by atoms with Gasteiger partial charge in [0.2, 0.25) is 5.91 Å². The summed E-state index contributed by atoms with van der Waals surface area (Å²) in [6.07, 6.45) is 33.5. The van der Waals surface area contributed by atoms with E-state index in [0.29, 0.717) is 23.9 Å². The average Bonchev–Trinajstić information content (AvgIpc) is 3.02. The van der Waals surface area contributed by atoms with Crippen molar-refractivity contribution in [2.45, 2.75) is 193 Å². The lowest BCUT2D eigenvalue weighted by atomic mass is 10.0. The van der Waals surface area contributed by atoms with Crippen LogP contribution < -0.4 is 10.2 Å². The van der Waals surface area contributed by atoms with Crippen LogP contribution in [0.2, 0.25) is 0 Å². The van der Waals surface area contributed by atoms with Gasteiger partial charge >= 0.3 is 0 Å². The second-order valence-corrected chi connectivity index (χ2v) is 16.4. The molecule has 0 aliphatic carbocycles. The molecule has 3 atom stereocenters. The topological polar surface area (TPSA) is 108 Å². The summed E-state index contributed by atoms with van der Waals surface area (Å²) in [7, 11) is 1.30. The van der Waals surface area contributed by atoms with E-state index in [0.717, 1.165) is 51.4 Å². The molecule has 1 amide bonds. The number of allylic oxidation sites excluding steroid dienone is 2. The predicted octanol–water partition coefficient (Wildman–Crippen LogP) is 9.78. The summed E-state index contributed by atoms with van der Waals surface area (Å²) in [5.74, 6) is -0.175. The van der Waals surface area contributed by atoms with E-state index in [-0.39, 0.29) is 19.1 Å². The van der Waals surface area contributed by atoms with Gasteiger partial charge in [-0.25, -0.2) is 0 Å². The molecule has 0 aromatic heterocycles. The maximum atomic E-state index is 12.8. The molecule has 0 heterocycles. The fraction of sp³-hybridized carbons (Fsp3) is 0.923. The van der Waals surface area contributed by atoms with Crippen molar-refractivity contribution in [3.05, 3.63) is 12.2 Å². The maximum Gasteiger partial charge on any atom is 0.268 e. The van der Waals surface area contributed by atoms with Crippen LogP contribution >= 0.6 is 7.82 Å². The minimum Gasteiger partial charge on any atom is -0.756 e. The van der Waals surface area contributed by atoms with Crippen LogP contribution in [-0.2, 0) is 18.4 Å². The van der Waals surface area contributed by atoms with E-state index in [9.17, 15) is 19.4 Å². The van der Waals surface area contributed by atoms with E-state index in [1.165, 1.54) is 103 Å². The number of nitrogens with one attached hydrogen (secondary N) is 1. The van der Waals surface area contributed by atoms with Crippen LogP contribution in [-0.4, -0.2) is 68.5 Å². The molecule has 9 heteroatoms. The van der Waals surface area contributed by atoms with Crippen LogP contribution in [0.25, 0.3) is 0 Å². The lowest BCUT2D eigenvalue weighted by Crippen LogP contribution is -2.46. The fourth-order valence-corrected chi connectivity index (χ4v) is 6.46. The molecule has 0 fully saturated rings. The number of hydrogen-bond donors (Lipinski definition) is 2. The molecule has 0 aromatic rings. The van der Waals surface area contributed by atoms with Crippen molar-refractivity contribution < 1.29 is 32.9 Å². The van der Waals surface area contributed by atoms with E-state index in [1.54, 1.807) is 0 Å². The van der Waals surface area contributed by atoms with E-state index < -0.39 is 20.0 Å². The highest BCUT2D eigenvalue weighted by atomic mass is 31.2. The first-order valence-electron chi connectivity index (χ1n) is 20.0. The van der Waals surface area contributed by atoms with Crippen molar-refractivity contribution in [2.75, 3.05) is 40.9 Å². The number of amides is 1. The molecule has 286 valence electrons. The van der Waals surface area contributed by atoms with Crippen LogP contribution in [0, 0.1) is 0 Å². The zero-order valence-corrected chi connectivity index (χ0v) is 33.1. The van der Waals surface area contributed by atoms with Gasteiger partial charge in [-0.15, -0.1) is 0 Å². The van der Waals surface area contributed by atoms with E-state index in [2.05, 4.69) is 31.3 Å². The third-order valence-electron chi connectivity index (χ3n) is 9.00. The Morgan fingerprint density at radius 3 is 1.62 bits per heavy atom. The first-order chi connectivity index (χ1) is 23.0. The van der Waals surface area contributed by atoms with Gasteiger partial charge in [0, 0.05) is 6.42 Å². The van der Waals surface area contributed by atoms with Crippen LogP contribution in [0.4, 0.5) is 0 Å². The number of aliphatic hydroxyl groups is 1. The maximum absolute atomic E-state index is 12.8. The molecule has 0 saturated heterocycles. The van der Waals surface area contributed by atoms with Gasteiger partial charge in [-0.1, -0.05) is 148 Å². The highest BCUT2D eigenvalue weighted by Crippen LogP contribution is 2.38. The lowest BCUT2D eigenvalue weighted by molar-refractivity contribution is -0.870. The highest BCUT2D eigenvalue weighted by molar-refractivity contribution is 7.45. The van der Waals surface area contributed by atoms with Crippen LogP contribution in [0.15, 0.2) is 12.2 Å². The molecule has 0 rings (SSSR count). The predicted molar refractivity (Wildman–Crippen MR) is 201 cm³/mol. The van der Waals surface area contributed by atoms with Crippen molar-refractivity contribution in [1.29, 1.82) is 0 Å². The first kappa shape index (κ1) is 47.2. The Hall–Kier alpha value is -0.760. The summed E-state index contributed by atoms with van der Waals surface area (Å²) in [6, 6.07) is -0.798. The molecule has 48 heavy (non-hydrogen) atoms. The normalized spacial score (nSPS) is 14.7. The Morgan fingerprint density at radius 1 is 0.708 bits per heavy atom. The molecule has 0 radical (unpaired) electrons. The van der Waals surface area contributed by atoms with Gasteiger partial charge in [-0.05, 0) is 38.5 Å². The third kappa shape index (κ3) is 33.7. The van der Waals surface area contributed by atoms with Crippen LogP contribution in [0.1, 0.15) is 181 Å². The number of carbonyl (C=O) groups excluding carboxylic acids is 1. The zero-order chi connectivity index (χ0) is 35.8. The minimum absolute atomic E-state index is 0.0120. The quantitative estimate of drug-likeness (QED) is 0.0291. The van der Waals surface area contributed by atoms with Crippen molar-refractivity contribution in [3.63, 3.8) is 0 Å². The summed E-state index contributed by atoms with van der Waals surface area (Å²) in [6.45, 7) is 4.68. The number of likely N-dealkylation sites (N-methyl/N-ethyl adjacent to an activating group) is 1. The molecule has 1 unspecified atom stereocenters. The molecule has 0 bridgehead atoms. The highest BCUT2D eigenvalue weighted by Gasteiger charge is 2.24. The van der Waals surface area contributed by atoms with Crippen LogP contribution in [0.3, 0.4) is 0 Å². The molecule has 0 spiro atoms. The second-order valence-electron chi connectivity index (χ2n) is 15.0. The van der Waals surface area contributed by atoms with E-state index in [4.69, 9.17) is 9.05 Å². The summed E-state index contributed by atoms with van der Waals surface area (Å²) in [4.78, 5) is 25.2. The van der Waals surface area contributed by atoms with Crippen molar-refractivity contribution in [1.82, 2.24) is 5.32 Å². The van der Waals surface area contributed by atoms with Gasteiger partial charge in [-0.2, -0.15) is 0 Å². The van der Waals surface area contributed by atoms with Gasteiger partial charge in [0.25, 0.3) is 7.82 Å². The third-order valence-corrected chi connectivity index (χ3v) is 9.97. The van der Waals surface area contributed by atoms with Gasteiger partial charge in [0.15, 0.2) is 0 Å². The Morgan fingerprint density at radius 2 is 1.15 bits per heavy atom. The SMILES string of the molecule is CCCCCCCC/C=C/CCCCCCCC(=O)N[C@@H](COP(=O)([O-])OCC[N+](C)(C)C)[C@H](O)CCCCCCCCCCCCC. The molecule has 0 aliphatic heterocycles. The van der Waals surface area contributed by atoms with Crippen molar-refractivity contribution in [2.24, 2.45) is 0 Å². The number of carbonyl (C=O) groups is 1. The summed E-state index contributed by atoms with van der Waals surface area (Å²) < 4.78 is 23.2. The Bertz CT molecular complexity index is 804. The molecule has 2 N–H and O–H groups in total. The van der Waals surface area contributed by atoms with Crippen molar-refractivity contribution >= 4 is 13.7 Å². The monoisotopic (exact) mass is 703 g/mol. The van der Waals surface area contributed by atoms with Gasteiger partial charge < -0.3 is 28.8 Å². The summed E-state index contributed by atoms with van der Waals surface area (Å²) in [5, 5.41) is 13.8. The number of nitrogens with zero attached hydrogens (tertiary/aromatic N) is 1. The number of hydrogen-bond acceptors (Lipinski definition) is 6. The first-order valence-corrected chi connectivity index (χ1v) is 21.5. The second kappa shape index (κ2) is 32.2. The molecular formula is C39H79N2O6P. The molecular weight excluding hydrogens is 623 g/mol. The Kier molecular flexibility index (Phi) is 31.7. The van der Waals surface area contributed by atoms with Gasteiger partial charge in [0.1, 0.15) is 13.2 Å². The Labute approximate surface area is 297 Å². The van der Waals surface area contributed by atoms with Gasteiger partial charge in [-0.3, -0.25) is 9.36 Å². The molecule has 0 saturated carbocycles. The summed E-state index contributed by atoms with van der Waals surface area (Å²) in [5.41, 5.74) is 0. The molecule has 8 nitrogen and oxygen atoms in total. The number of aliphatic hydroxyl groups excluding tert-OH is 1. The fourth-order valence-electron chi connectivity index (χ4n) is 5.74. The van der Waals surface area contributed by atoms with Crippen LogP contribution in [0.5, 0.6) is 0 Å². The summed E-state index contributed by atoms with van der Waals surface area (Å²) >= 11 is 0. The zero-order valence-electron chi connectivity index (χ0n) is 32.2. The number of quaternary nitrogens is 1. The van der Waals surface area contributed by atoms with Crippen molar-refractivity contribution in [3.8, 4) is 0 Å². The van der Waals surface area contributed by atoms with E-state index in [1.807, 2.05) is 21.1 Å². The lowest BCUT2D eigenvalue weighted by Gasteiger charge is -2.30. The number of phosphoric ester groups is 1. The average molecular weight is 703 g/mol. The standard InChI is InChI=1S/C39H79N2O6P/c1-6-8-10-12-14-16-18-19-20-21-23-25-27-29-31-33-39(43)40-37(36-47-48(44,45)46-35-34-41(3,4)5)38(42)32-30-28-26-24-22-17-15-13-11-9-7-2/h19-20,37-38,42H,6-18,21-36H2,1-5H3,(H-,40,43,44,45)/b20-19+/t37-,38+/m0/s1. The number of unbranched alkanes of at least 4 members (excludes halogenated alkanes) is 21. The largest absolute Gasteiger partial charge is 0.756 e. The number of rotatable bonds is 36. The molecule has 0 aliphatic rings. The Balaban J connectivity index is 4.43. The molecule has 0 aromatic carbocycles. The smallest absolute Gasteiger partial charge is 0.268 e. The minimum atomic E-state index is -4.55. The van der Waals surface area contributed by atoms with E-state index >= 15 is 0 Å². The van der Waals surface area contributed by atoms with Gasteiger partial charge in [0.05, 0.1) is 39.9 Å². The number of phosphoric acid groups is 1.